The number of hydrogen-bond donors (Lipinski definition) is 0. The zero-order chi connectivity index (χ0) is 31.7. The molecule has 0 unspecified atom stereocenters. The topological polar surface area (TPSA) is 4.93 Å². The summed E-state index contributed by atoms with van der Waals surface area (Å²) >= 11 is 3.81. The van der Waals surface area contributed by atoms with Gasteiger partial charge in [-0.25, -0.2) is 0 Å². The van der Waals surface area contributed by atoms with Crippen molar-refractivity contribution in [2.45, 2.75) is 19.3 Å². The lowest BCUT2D eigenvalue weighted by molar-refractivity contribution is 0.661. The first-order valence-electron chi connectivity index (χ1n) is 16.6. The van der Waals surface area contributed by atoms with E-state index >= 15 is 0 Å². The van der Waals surface area contributed by atoms with E-state index in [2.05, 4.69) is 158 Å². The van der Waals surface area contributed by atoms with Crippen molar-refractivity contribution in [3.63, 3.8) is 0 Å². The van der Waals surface area contributed by atoms with E-state index in [-0.39, 0.29) is 5.41 Å². The van der Waals surface area contributed by atoms with E-state index in [1.54, 1.807) is 0 Å². The van der Waals surface area contributed by atoms with Crippen LogP contribution in [0.3, 0.4) is 0 Å². The van der Waals surface area contributed by atoms with Gasteiger partial charge in [0.15, 0.2) is 0 Å². The van der Waals surface area contributed by atoms with Gasteiger partial charge >= 0.3 is 0 Å². The number of aromatic nitrogens is 1. The Bertz CT molecular complexity index is 2980. The molecule has 0 spiro atoms. The molecule has 0 aliphatic heterocycles. The zero-order valence-electron chi connectivity index (χ0n) is 26.5. The molecule has 3 heteroatoms. The van der Waals surface area contributed by atoms with Gasteiger partial charge < -0.3 is 4.57 Å². The molecule has 226 valence electrons. The average molecular weight is 648 g/mol. The molecule has 0 radical (unpaired) electrons. The van der Waals surface area contributed by atoms with Gasteiger partial charge in [-0.2, -0.15) is 0 Å². The lowest BCUT2D eigenvalue weighted by Gasteiger charge is -2.21. The molecule has 1 nitrogen and oxygen atoms in total. The fourth-order valence-corrected chi connectivity index (χ4v) is 10.9. The fraction of sp³-hybridized carbons (Fsp3) is 0.0667. The van der Waals surface area contributed by atoms with Crippen LogP contribution in [0.15, 0.2) is 140 Å². The average Bonchev–Trinajstić information content (AvgIpc) is 3.84. The summed E-state index contributed by atoms with van der Waals surface area (Å²) in [6.07, 6.45) is 0. The van der Waals surface area contributed by atoms with Crippen molar-refractivity contribution in [1.82, 2.24) is 4.57 Å². The van der Waals surface area contributed by atoms with Gasteiger partial charge in [-0.15, -0.1) is 22.7 Å². The Labute approximate surface area is 285 Å². The Morgan fingerprint density at radius 1 is 0.438 bits per heavy atom. The smallest absolute Gasteiger partial charge is 0.0544 e. The minimum absolute atomic E-state index is 0.0581. The summed E-state index contributed by atoms with van der Waals surface area (Å²) < 4.78 is 7.86. The number of fused-ring (bicyclic) bond motifs is 12. The van der Waals surface area contributed by atoms with Crippen LogP contribution in [0, 0.1) is 0 Å². The zero-order valence-corrected chi connectivity index (χ0v) is 28.2. The minimum Gasteiger partial charge on any atom is -0.309 e. The summed E-state index contributed by atoms with van der Waals surface area (Å²) in [6.45, 7) is 4.75. The molecule has 1 aliphatic carbocycles. The molecule has 3 aromatic heterocycles. The van der Waals surface area contributed by atoms with Crippen molar-refractivity contribution >= 4 is 84.8 Å². The molecule has 0 saturated heterocycles. The Hall–Kier alpha value is -5.22. The SMILES string of the molecule is CC1(C)c2ccccc2-c2cc3c4ccccc4n(-c4ccc5sc6cccc(-c7cccc8c7sc7ccccc78)c6c5c4)c3cc21. The highest BCUT2D eigenvalue weighted by Gasteiger charge is 2.36. The van der Waals surface area contributed by atoms with E-state index in [4.69, 9.17) is 0 Å². The van der Waals surface area contributed by atoms with Crippen LogP contribution in [-0.4, -0.2) is 4.57 Å². The molecular weight excluding hydrogens is 619 g/mol. The van der Waals surface area contributed by atoms with Gasteiger partial charge in [0.2, 0.25) is 0 Å². The Morgan fingerprint density at radius 2 is 1.15 bits per heavy atom. The van der Waals surface area contributed by atoms with Crippen LogP contribution >= 0.6 is 22.7 Å². The summed E-state index contributed by atoms with van der Waals surface area (Å²) in [7, 11) is 0. The number of hydrogen-bond acceptors (Lipinski definition) is 2. The maximum absolute atomic E-state index is 2.50. The third kappa shape index (κ3) is 3.45. The van der Waals surface area contributed by atoms with E-state index in [0.29, 0.717) is 0 Å². The second-order valence-corrected chi connectivity index (χ2v) is 15.8. The fourth-order valence-electron chi connectivity index (χ4n) is 8.58. The van der Waals surface area contributed by atoms with Crippen LogP contribution in [0.4, 0.5) is 0 Å². The van der Waals surface area contributed by atoms with Crippen LogP contribution in [0.5, 0.6) is 0 Å². The third-order valence-corrected chi connectivity index (χ3v) is 13.2. The molecule has 1 aliphatic rings. The molecule has 10 aromatic rings. The van der Waals surface area contributed by atoms with E-state index < -0.39 is 0 Å². The standard InChI is InChI=1S/C45H29NS2/c1-45(2)36-17-6-3-11-27(36)33-24-34-28-12-4-7-18-38(28)46(39(34)25-37(33)45)26-21-22-41-35(23-26)43-30(14-10-20-42(43)47-41)32-16-9-15-31-29-13-5-8-19-40(29)48-44(31)32/h3-25H,1-2H3. The van der Waals surface area contributed by atoms with E-state index in [9.17, 15) is 0 Å². The highest BCUT2D eigenvalue weighted by atomic mass is 32.1. The quantitative estimate of drug-likeness (QED) is 0.176. The molecule has 0 fully saturated rings. The van der Waals surface area contributed by atoms with E-state index in [1.165, 1.54) is 101 Å². The van der Waals surface area contributed by atoms with Crippen molar-refractivity contribution in [2.24, 2.45) is 0 Å². The molecule has 0 amide bonds. The maximum Gasteiger partial charge on any atom is 0.0544 e. The first kappa shape index (κ1) is 26.8. The number of para-hydroxylation sites is 1. The van der Waals surface area contributed by atoms with Crippen molar-refractivity contribution in [2.75, 3.05) is 0 Å². The van der Waals surface area contributed by atoms with Crippen molar-refractivity contribution < 1.29 is 0 Å². The first-order valence-corrected chi connectivity index (χ1v) is 18.2. The molecule has 0 saturated carbocycles. The number of thiophene rings is 2. The lowest BCUT2D eigenvalue weighted by Crippen LogP contribution is -2.14. The van der Waals surface area contributed by atoms with E-state index in [0.717, 1.165) is 0 Å². The molecule has 48 heavy (non-hydrogen) atoms. The third-order valence-electron chi connectivity index (χ3n) is 10.8. The van der Waals surface area contributed by atoms with Gasteiger partial charge in [-0.05, 0) is 76.3 Å². The summed E-state index contributed by atoms with van der Waals surface area (Å²) in [4.78, 5) is 0. The molecule has 3 heterocycles. The molecule has 0 N–H and O–H groups in total. The van der Waals surface area contributed by atoms with Gasteiger partial charge in [0, 0.05) is 67.8 Å². The van der Waals surface area contributed by atoms with Gasteiger partial charge in [0.05, 0.1) is 11.0 Å². The van der Waals surface area contributed by atoms with Gasteiger partial charge in [0.1, 0.15) is 0 Å². The van der Waals surface area contributed by atoms with Crippen LogP contribution in [0.2, 0.25) is 0 Å². The van der Waals surface area contributed by atoms with Gasteiger partial charge in [-0.3, -0.25) is 0 Å². The van der Waals surface area contributed by atoms with Gasteiger partial charge in [0.25, 0.3) is 0 Å². The van der Waals surface area contributed by atoms with Crippen LogP contribution in [0.1, 0.15) is 25.0 Å². The molecule has 0 atom stereocenters. The molecule has 11 rings (SSSR count). The largest absolute Gasteiger partial charge is 0.309 e. The maximum atomic E-state index is 2.50. The highest BCUT2D eigenvalue weighted by molar-refractivity contribution is 7.26. The molecule has 0 bridgehead atoms. The van der Waals surface area contributed by atoms with Crippen molar-refractivity contribution in [3.05, 3.63) is 151 Å². The molecule has 7 aromatic carbocycles. The van der Waals surface area contributed by atoms with Crippen LogP contribution in [-0.2, 0) is 5.41 Å². The monoisotopic (exact) mass is 647 g/mol. The summed E-state index contributed by atoms with van der Waals surface area (Å²) in [5.74, 6) is 0. The second-order valence-electron chi connectivity index (χ2n) is 13.7. The Balaban J connectivity index is 1.19. The van der Waals surface area contributed by atoms with Gasteiger partial charge in [-0.1, -0.05) is 105 Å². The second kappa shape index (κ2) is 9.44. The lowest BCUT2D eigenvalue weighted by atomic mass is 9.82. The number of nitrogens with zero attached hydrogens (tertiary/aromatic N) is 1. The molecular formula is C45H29NS2. The Morgan fingerprint density at radius 3 is 2.08 bits per heavy atom. The van der Waals surface area contributed by atoms with E-state index in [1.807, 2.05) is 22.7 Å². The summed E-state index contributed by atoms with van der Waals surface area (Å²) in [5.41, 5.74) is 11.8. The minimum atomic E-state index is -0.0581. The van der Waals surface area contributed by atoms with Crippen molar-refractivity contribution in [1.29, 1.82) is 0 Å². The number of benzene rings is 7. The Kier molecular flexibility index (Phi) is 5.27. The van der Waals surface area contributed by atoms with Crippen molar-refractivity contribution in [3.8, 4) is 27.9 Å². The predicted molar refractivity (Wildman–Crippen MR) is 210 cm³/mol. The highest BCUT2D eigenvalue weighted by Crippen LogP contribution is 2.51. The van der Waals surface area contributed by atoms with Crippen LogP contribution < -0.4 is 0 Å². The summed E-state index contributed by atoms with van der Waals surface area (Å²) in [5, 5.41) is 7.96. The summed E-state index contributed by atoms with van der Waals surface area (Å²) in [6, 6.07) is 52.4. The normalized spacial score (nSPS) is 13.8. The van der Waals surface area contributed by atoms with Crippen LogP contribution in [0.25, 0.3) is 90.1 Å². The number of rotatable bonds is 2. The predicted octanol–water partition coefficient (Wildman–Crippen LogP) is 13.5. The first-order chi connectivity index (χ1) is 23.6.